The molecule has 20 heavy (non-hydrogen) atoms. The molecule has 0 aliphatic rings. The molecule has 0 N–H and O–H groups in total. The highest BCUT2D eigenvalue weighted by molar-refractivity contribution is 9.10. The molecule has 2 rings (SSSR count). The zero-order chi connectivity index (χ0) is 15.1. The van der Waals surface area contributed by atoms with Gasteiger partial charge >= 0.3 is 6.18 Å². The first-order valence-electron chi connectivity index (χ1n) is 4.89. The number of benzene rings is 1. The highest BCUT2D eigenvalue weighted by Crippen LogP contribution is 2.30. The molecule has 0 saturated heterocycles. The first-order valence-corrected chi connectivity index (χ1v) is 6.06. The molecule has 0 spiro atoms. The van der Waals surface area contributed by atoms with E-state index in [0.29, 0.717) is 0 Å². The van der Waals surface area contributed by atoms with Gasteiger partial charge in [0, 0.05) is 4.47 Å². The van der Waals surface area contributed by atoms with Crippen molar-refractivity contribution in [1.29, 1.82) is 0 Å². The number of halogens is 6. The van der Waals surface area contributed by atoms with Gasteiger partial charge in [-0.3, -0.25) is 4.79 Å². The van der Waals surface area contributed by atoms with Crippen molar-refractivity contribution in [2.24, 2.45) is 0 Å². The molecule has 0 amide bonds. The molecular weight excluding hydrogens is 369 g/mol. The predicted octanol–water partition coefficient (Wildman–Crippen LogP) is 3.57. The van der Waals surface area contributed by atoms with Crippen LogP contribution in [0.3, 0.4) is 0 Å². The molecular formula is C10H3BrClF4N3O. The zero-order valence-electron chi connectivity index (χ0n) is 9.25. The molecule has 0 aliphatic heterocycles. The summed E-state index contributed by atoms with van der Waals surface area (Å²) in [4.78, 5) is 11.0. The van der Waals surface area contributed by atoms with Gasteiger partial charge in [-0.1, -0.05) is 16.8 Å². The standard InChI is InChI=1S/C10H3BrClF4N3O/c11-5-1-4(13)2-6(12)8(5)19-3-7(17-18-19)9(20)10(14,15)16/h1-3H. The van der Waals surface area contributed by atoms with E-state index in [1.54, 1.807) is 0 Å². The van der Waals surface area contributed by atoms with Gasteiger partial charge in [-0.25, -0.2) is 9.07 Å². The number of hydrogen-bond donors (Lipinski definition) is 0. The summed E-state index contributed by atoms with van der Waals surface area (Å²) in [7, 11) is 0. The third-order valence-electron chi connectivity index (χ3n) is 2.19. The SMILES string of the molecule is O=C(c1cn(-c2c(Cl)cc(F)cc2Br)nn1)C(F)(F)F. The van der Waals surface area contributed by atoms with Crippen LogP contribution in [0.2, 0.25) is 5.02 Å². The number of alkyl halides is 3. The van der Waals surface area contributed by atoms with E-state index < -0.39 is 23.5 Å². The van der Waals surface area contributed by atoms with Crippen LogP contribution in [0.5, 0.6) is 0 Å². The second kappa shape index (κ2) is 5.13. The number of hydrogen-bond acceptors (Lipinski definition) is 3. The average molecular weight is 373 g/mol. The third-order valence-corrected chi connectivity index (χ3v) is 3.09. The molecule has 0 saturated carbocycles. The number of Topliss-reactive ketones (excluding diaryl/α,β-unsaturated/α-hetero) is 1. The topological polar surface area (TPSA) is 47.8 Å². The Bertz CT molecular complexity index is 662. The van der Waals surface area contributed by atoms with Crippen molar-refractivity contribution in [3.05, 3.63) is 39.3 Å². The summed E-state index contributed by atoms with van der Waals surface area (Å²) in [6.07, 6.45) is -4.29. The van der Waals surface area contributed by atoms with Crippen LogP contribution < -0.4 is 0 Å². The summed E-state index contributed by atoms with van der Waals surface area (Å²) in [5.74, 6) is -2.77. The minimum atomic E-state index is -5.05. The van der Waals surface area contributed by atoms with Crippen LogP contribution in [0.1, 0.15) is 10.5 Å². The minimum Gasteiger partial charge on any atom is -0.282 e. The third kappa shape index (κ3) is 2.83. The number of rotatable bonds is 2. The van der Waals surface area contributed by atoms with Crippen molar-refractivity contribution in [2.75, 3.05) is 0 Å². The van der Waals surface area contributed by atoms with Crippen LogP contribution >= 0.6 is 27.5 Å². The molecule has 0 unspecified atom stereocenters. The second-order valence-corrected chi connectivity index (χ2v) is 4.85. The van der Waals surface area contributed by atoms with Crippen molar-refractivity contribution in [1.82, 2.24) is 15.0 Å². The van der Waals surface area contributed by atoms with Gasteiger partial charge in [-0.2, -0.15) is 13.2 Å². The molecule has 0 bridgehead atoms. The zero-order valence-corrected chi connectivity index (χ0v) is 11.6. The lowest BCUT2D eigenvalue weighted by molar-refractivity contribution is -0.0888. The van der Waals surface area contributed by atoms with Crippen molar-refractivity contribution < 1.29 is 22.4 Å². The second-order valence-electron chi connectivity index (χ2n) is 3.59. The Kier molecular flexibility index (Phi) is 3.83. The summed E-state index contributed by atoms with van der Waals surface area (Å²) in [5, 5.41) is 6.41. The van der Waals surface area contributed by atoms with Crippen LogP contribution in [-0.4, -0.2) is 27.0 Å². The molecule has 2 aromatic rings. The molecule has 0 radical (unpaired) electrons. The van der Waals surface area contributed by atoms with Crippen molar-refractivity contribution >= 4 is 33.3 Å². The fourth-order valence-electron chi connectivity index (χ4n) is 1.38. The van der Waals surface area contributed by atoms with Crippen LogP contribution in [0.4, 0.5) is 17.6 Å². The Morgan fingerprint density at radius 3 is 2.55 bits per heavy atom. The Morgan fingerprint density at radius 2 is 2.00 bits per heavy atom. The van der Waals surface area contributed by atoms with Gasteiger partial charge in [-0.05, 0) is 28.1 Å². The molecule has 4 nitrogen and oxygen atoms in total. The molecule has 1 heterocycles. The summed E-state index contributed by atoms with van der Waals surface area (Å²) >= 11 is 8.78. The molecule has 0 aliphatic carbocycles. The largest absolute Gasteiger partial charge is 0.456 e. The lowest BCUT2D eigenvalue weighted by atomic mass is 10.3. The van der Waals surface area contributed by atoms with Gasteiger partial charge in [0.2, 0.25) is 0 Å². The Labute approximate surface area is 122 Å². The van der Waals surface area contributed by atoms with Crippen LogP contribution in [0, 0.1) is 5.82 Å². The molecule has 106 valence electrons. The van der Waals surface area contributed by atoms with Gasteiger partial charge in [0.05, 0.1) is 16.9 Å². The van der Waals surface area contributed by atoms with E-state index in [1.165, 1.54) is 0 Å². The quantitative estimate of drug-likeness (QED) is 0.598. The average Bonchev–Trinajstić information content (AvgIpc) is 2.74. The van der Waals surface area contributed by atoms with Gasteiger partial charge < -0.3 is 0 Å². The molecule has 0 fully saturated rings. The molecule has 1 aromatic carbocycles. The molecule has 1 aromatic heterocycles. The monoisotopic (exact) mass is 371 g/mol. The number of ketones is 1. The first kappa shape index (κ1) is 14.9. The van der Waals surface area contributed by atoms with Crippen molar-refractivity contribution in [2.45, 2.75) is 6.18 Å². The fourth-order valence-corrected chi connectivity index (χ4v) is 2.40. The maximum absolute atomic E-state index is 13.1. The predicted molar refractivity (Wildman–Crippen MR) is 64.4 cm³/mol. The maximum Gasteiger partial charge on any atom is 0.456 e. The smallest absolute Gasteiger partial charge is 0.282 e. The summed E-state index contributed by atoms with van der Waals surface area (Å²) < 4.78 is 50.8. The normalized spacial score (nSPS) is 11.7. The lowest BCUT2D eigenvalue weighted by Gasteiger charge is -2.06. The van der Waals surface area contributed by atoms with Crippen molar-refractivity contribution in [3.63, 3.8) is 0 Å². The van der Waals surface area contributed by atoms with E-state index in [9.17, 15) is 22.4 Å². The Morgan fingerprint density at radius 1 is 1.35 bits per heavy atom. The van der Waals surface area contributed by atoms with Crippen molar-refractivity contribution in [3.8, 4) is 5.69 Å². The van der Waals surface area contributed by atoms with E-state index in [-0.39, 0.29) is 15.2 Å². The number of nitrogens with zero attached hydrogens (tertiary/aromatic N) is 3. The first-order chi connectivity index (χ1) is 9.20. The van der Waals surface area contributed by atoms with E-state index in [1.807, 2.05) is 0 Å². The summed E-state index contributed by atoms with van der Waals surface area (Å²) in [6.45, 7) is 0. The van der Waals surface area contributed by atoms with Gasteiger partial charge in [0.1, 0.15) is 5.82 Å². The fraction of sp³-hybridized carbons (Fsp3) is 0.100. The van der Waals surface area contributed by atoms with Gasteiger partial charge in [-0.15, -0.1) is 5.10 Å². The van der Waals surface area contributed by atoms with E-state index in [0.717, 1.165) is 23.0 Å². The Hall–Kier alpha value is -1.48. The minimum absolute atomic E-state index is 0.0711. The van der Waals surface area contributed by atoms with E-state index >= 15 is 0 Å². The van der Waals surface area contributed by atoms with Gasteiger partial charge in [0.25, 0.3) is 5.78 Å². The number of carbonyl (C=O) groups is 1. The Balaban J connectivity index is 2.47. The highest BCUT2D eigenvalue weighted by Gasteiger charge is 2.41. The van der Waals surface area contributed by atoms with E-state index in [2.05, 4.69) is 26.2 Å². The maximum atomic E-state index is 13.1. The van der Waals surface area contributed by atoms with Crippen LogP contribution in [0.15, 0.2) is 22.8 Å². The number of aromatic nitrogens is 3. The van der Waals surface area contributed by atoms with E-state index in [4.69, 9.17) is 11.6 Å². The molecule has 0 atom stereocenters. The van der Waals surface area contributed by atoms with Crippen LogP contribution in [-0.2, 0) is 0 Å². The lowest BCUT2D eigenvalue weighted by Crippen LogP contribution is -2.23. The van der Waals surface area contributed by atoms with Gasteiger partial charge in [0.15, 0.2) is 5.69 Å². The molecule has 10 heteroatoms. The summed E-state index contributed by atoms with van der Waals surface area (Å²) in [6, 6.07) is 2.00. The number of carbonyl (C=O) groups excluding carboxylic acids is 1. The summed E-state index contributed by atoms with van der Waals surface area (Å²) in [5.41, 5.74) is -0.813. The van der Waals surface area contributed by atoms with Crippen LogP contribution in [0.25, 0.3) is 5.69 Å². The highest BCUT2D eigenvalue weighted by atomic mass is 79.9.